The van der Waals surface area contributed by atoms with Gasteiger partial charge in [-0.2, -0.15) is 13.2 Å². The van der Waals surface area contributed by atoms with Gasteiger partial charge in [0.2, 0.25) is 0 Å². The van der Waals surface area contributed by atoms with Crippen molar-refractivity contribution < 1.29 is 18.1 Å². The smallest absolute Gasteiger partial charge is 0.347 e. The average molecular weight is 290 g/mol. The maximum Gasteiger partial charge on any atom is 0.441 e. The first-order valence-corrected chi connectivity index (χ1v) is 6.29. The normalized spacial score (nSPS) is 11.9. The Hall–Kier alpha value is -1.70. The Bertz CT molecular complexity index is 609. The lowest BCUT2D eigenvalue weighted by Gasteiger charge is -2.07. The molecule has 2 aromatic rings. The van der Waals surface area contributed by atoms with Crippen LogP contribution >= 0.6 is 11.8 Å². The number of nitro groups is 1. The molecule has 1 aromatic carbocycles. The Morgan fingerprint density at radius 2 is 2.05 bits per heavy atom. The molecule has 0 spiro atoms. The van der Waals surface area contributed by atoms with Crippen LogP contribution in [0.2, 0.25) is 0 Å². The Kier molecular flexibility index (Phi) is 3.70. The van der Waals surface area contributed by atoms with Crippen LogP contribution in [0.1, 0.15) is 0 Å². The van der Waals surface area contributed by atoms with Gasteiger partial charge in [0, 0.05) is 41.5 Å². The van der Waals surface area contributed by atoms with Gasteiger partial charge < -0.3 is 4.57 Å². The Morgan fingerprint density at radius 1 is 1.32 bits per heavy atom. The third kappa shape index (κ3) is 3.40. The number of nitrogens with zero attached hydrogens (tertiary/aromatic N) is 2. The van der Waals surface area contributed by atoms with Crippen LogP contribution in [0.4, 0.5) is 18.9 Å². The maximum atomic E-state index is 12.0. The monoisotopic (exact) mass is 290 g/mol. The number of hydrogen-bond donors (Lipinski definition) is 0. The van der Waals surface area contributed by atoms with Gasteiger partial charge in [-0.15, -0.1) is 0 Å². The molecule has 0 bridgehead atoms. The summed E-state index contributed by atoms with van der Waals surface area (Å²) in [6, 6.07) is 5.95. The summed E-state index contributed by atoms with van der Waals surface area (Å²) in [7, 11) is 0. The minimum Gasteiger partial charge on any atom is -0.347 e. The first-order chi connectivity index (χ1) is 8.87. The van der Waals surface area contributed by atoms with Gasteiger partial charge in [0.25, 0.3) is 5.69 Å². The van der Waals surface area contributed by atoms with Crippen LogP contribution in [0.15, 0.2) is 30.5 Å². The molecule has 0 saturated carbocycles. The molecule has 2 rings (SSSR count). The quantitative estimate of drug-likeness (QED) is 0.635. The second-order valence-electron chi connectivity index (χ2n) is 3.80. The number of rotatable bonds is 4. The number of benzene rings is 1. The van der Waals surface area contributed by atoms with Gasteiger partial charge in [-0.05, 0) is 23.9 Å². The van der Waals surface area contributed by atoms with E-state index in [1.807, 2.05) is 0 Å². The highest BCUT2D eigenvalue weighted by Crippen LogP contribution is 2.30. The van der Waals surface area contributed by atoms with Gasteiger partial charge >= 0.3 is 5.51 Å². The third-order valence-electron chi connectivity index (χ3n) is 2.56. The Labute approximate surface area is 110 Å². The highest BCUT2D eigenvalue weighted by molar-refractivity contribution is 8.00. The van der Waals surface area contributed by atoms with E-state index in [0.29, 0.717) is 10.9 Å². The molecule has 0 saturated heterocycles. The van der Waals surface area contributed by atoms with Gasteiger partial charge in [0.05, 0.1) is 4.92 Å². The van der Waals surface area contributed by atoms with E-state index in [1.54, 1.807) is 22.9 Å². The number of aryl methyl sites for hydroxylation is 1. The standard InChI is InChI=1S/C11H9F3N2O2S/c12-11(13,14)19-6-5-15-4-3-8-7-9(16(17)18)1-2-10(8)15/h1-4,7H,5-6H2. The number of fused-ring (bicyclic) bond motifs is 1. The molecule has 0 radical (unpaired) electrons. The highest BCUT2D eigenvalue weighted by atomic mass is 32.2. The number of non-ortho nitro benzene ring substituents is 1. The van der Waals surface area contributed by atoms with Gasteiger partial charge in [0.1, 0.15) is 0 Å². The minimum atomic E-state index is -4.23. The fraction of sp³-hybridized carbons (Fsp3) is 0.273. The van der Waals surface area contributed by atoms with Gasteiger partial charge in [-0.25, -0.2) is 0 Å². The molecule has 0 amide bonds. The topological polar surface area (TPSA) is 48.1 Å². The molecule has 0 aliphatic carbocycles. The fourth-order valence-corrected chi connectivity index (χ4v) is 2.28. The zero-order valence-electron chi connectivity index (χ0n) is 9.55. The van der Waals surface area contributed by atoms with Crippen LogP contribution in [0.25, 0.3) is 10.9 Å². The molecular weight excluding hydrogens is 281 g/mol. The molecule has 0 aliphatic heterocycles. The summed E-state index contributed by atoms with van der Waals surface area (Å²) < 4.78 is 37.7. The van der Waals surface area contributed by atoms with Crippen molar-refractivity contribution in [3.05, 3.63) is 40.6 Å². The zero-order valence-corrected chi connectivity index (χ0v) is 10.4. The van der Waals surface area contributed by atoms with Crippen molar-refractivity contribution in [3.63, 3.8) is 0 Å². The molecule has 0 fully saturated rings. The molecule has 0 aliphatic rings. The van der Waals surface area contributed by atoms with Crippen molar-refractivity contribution in [1.29, 1.82) is 0 Å². The van der Waals surface area contributed by atoms with Crippen molar-refractivity contribution in [2.24, 2.45) is 0 Å². The zero-order chi connectivity index (χ0) is 14.0. The molecule has 19 heavy (non-hydrogen) atoms. The summed E-state index contributed by atoms with van der Waals surface area (Å²) in [5.74, 6) is -0.0930. The van der Waals surface area contributed by atoms with Crippen LogP contribution in [0.5, 0.6) is 0 Å². The molecule has 102 valence electrons. The summed E-state index contributed by atoms with van der Waals surface area (Å²) in [6.07, 6.45) is 1.63. The third-order valence-corrected chi connectivity index (χ3v) is 3.28. The molecule has 0 unspecified atom stereocenters. The summed E-state index contributed by atoms with van der Waals surface area (Å²) in [4.78, 5) is 10.1. The molecule has 0 atom stereocenters. The van der Waals surface area contributed by atoms with Crippen LogP contribution in [0, 0.1) is 10.1 Å². The summed E-state index contributed by atoms with van der Waals surface area (Å²) in [5.41, 5.74) is -3.58. The average Bonchev–Trinajstić information content (AvgIpc) is 2.70. The van der Waals surface area contributed by atoms with Crippen LogP contribution in [-0.4, -0.2) is 20.8 Å². The number of aromatic nitrogens is 1. The summed E-state index contributed by atoms with van der Waals surface area (Å²) in [5, 5.41) is 11.2. The summed E-state index contributed by atoms with van der Waals surface area (Å²) >= 11 is -0.0807. The van der Waals surface area contributed by atoms with E-state index >= 15 is 0 Å². The number of hydrogen-bond acceptors (Lipinski definition) is 3. The molecule has 1 heterocycles. The first kappa shape index (κ1) is 13.7. The van der Waals surface area contributed by atoms with E-state index in [4.69, 9.17) is 0 Å². The highest BCUT2D eigenvalue weighted by Gasteiger charge is 2.27. The van der Waals surface area contributed by atoms with E-state index in [-0.39, 0.29) is 29.7 Å². The number of nitro benzene ring substituents is 1. The maximum absolute atomic E-state index is 12.0. The number of alkyl halides is 3. The second-order valence-corrected chi connectivity index (χ2v) is 4.96. The Morgan fingerprint density at radius 3 is 2.68 bits per heavy atom. The minimum absolute atomic E-state index is 0.0325. The molecule has 8 heteroatoms. The van der Waals surface area contributed by atoms with E-state index in [9.17, 15) is 23.3 Å². The summed E-state index contributed by atoms with van der Waals surface area (Å²) in [6.45, 7) is 0.200. The van der Waals surface area contributed by atoms with Crippen molar-refractivity contribution in [2.45, 2.75) is 12.1 Å². The number of thioether (sulfide) groups is 1. The molecule has 1 aromatic heterocycles. The first-order valence-electron chi connectivity index (χ1n) is 5.31. The predicted octanol–water partition coefficient (Wildman–Crippen LogP) is 3.80. The fourth-order valence-electron chi connectivity index (χ4n) is 1.76. The van der Waals surface area contributed by atoms with E-state index in [1.165, 1.54) is 12.1 Å². The lowest BCUT2D eigenvalue weighted by atomic mass is 10.2. The van der Waals surface area contributed by atoms with Crippen LogP contribution < -0.4 is 0 Å². The Balaban J connectivity index is 2.15. The SMILES string of the molecule is O=[N+]([O-])c1ccc2c(ccn2CCSC(F)(F)F)c1. The van der Waals surface area contributed by atoms with Crippen molar-refractivity contribution >= 4 is 28.4 Å². The van der Waals surface area contributed by atoms with Crippen LogP contribution in [0.3, 0.4) is 0 Å². The van der Waals surface area contributed by atoms with Crippen LogP contribution in [-0.2, 0) is 6.54 Å². The van der Waals surface area contributed by atoms with E-state index < -0.39 is 10.4 Å². The lowest BCUT2D eigenvalue weighted by molar-refractivity contribution is -0.384. The largest absolute Gasteiger partial charge is 0.441 e. The second kappa shape index (κ2) is 5.12. The molecular formula is C11H9F3N2O2S. The number of halogens is 3. The van der Waals surface area contributed by atoms with Crippen molar-refractivity contribution in [2.75, 3.05) is 5.75 Å². The van der Waals surface area contributed by atoms with Crippen molar-refractivity contribution in [1.82, 2.24) is 4.57 Å². The lowest BCUT2D eigenvalue weighted by Crippen LogP contribution is -2.06. The predicted molar refractivity (Wildman–Crippen MR) is 67.1 cm³/mol. The van der Waals surface area contributed by atoms with E-state index in [0.717, 1.165) is 0 Å². The van der Waals surface area contributed by atoms with Gasteiger partial charge in [0.15, 0.2) is 0 Å². The van der Waals surface area contributed by atoms with Crippen molar-refractivity contribution in [3.8, 4) is 0 Å². The van der Waals surface area contributed by atoms with Gasteiger partial charge in [-0.1, -0.05) is 0 Å². The molecule has 4 nitrogen and oxygen atoms in total. The van der Waals surface area contributed by atoms with E-state index in [2.05, 4.69) is 0 Å². The van der Waals surface area contributed by atoms with Gasteiger partial charge in [-0.3, -0.25) is 10.1 Å². The molecule has 0 N–H and O–H groups in total.